The van der Waals surface area contributed by atoms with E-state index in [1.165, 1.54) is 29.6 Å². The average molecular weight is 475 g/mol. The molecule has 1 atom stereocenters. The van der Waals surface area contributed by atoms with E-state index < -0.39 is 15.9 Å². The second-order valence-corrected chi connectivity index (χ2v) is 10.2. The molecular formula is C24H30N2O6S. The summed E-state index contributed by atoms with van der Waals surface area (Å²) in [4.78, 5) is 13.3. The molecule has 1 N–H and O–H groups in total. The van der Waals surface area contributed by atoms with Crippen LogP contribution in [0.15, 0.2) is 41.3 Å². The third kappa shape index (κ3) is 5.09. The number of hydrogen-bond acceptors (Lipinski definition) is 6. The lowest BCUT2D eigenvalue weighted by Gasteiger charge is -2.22. The minimum atomic E-state index is -3.69. The fourth-order valence-corrected chi connectivity index (χ4v) is 5.69. The normalized spacial score (nSPS) is 17.6. The molecule has 0 spiro atoms. The minimum Gasteiger partial charge on any atom is -0.496 e. The van der Waals surface area contributed by atoms with Crippen LogP contribution in [-0.4, -0.2) is 52.0 Å². The van der Waals surface area contributed by atoms with E-state index >= 15 is 0 Å². The van der Waals surface area contributed by atoms with E-state index in [-0.39, 0.29) is 16.5 Å². The van der Waals surface area contributed by atoms with Crippen LogP contribution in [0.3, 0.4) is 0 Å². The van der Waals surface area contributed by atoms with Gasteiger partial charge < -0.3 is 19.5 Å². The van der Waals surface area contributed by atoms with Crippen molar-refractivity contribution in [2.75, 3.05) is 33.4 Å². The van der Waals surface area contributed by atoms with Gasteiger partial charge in [-0.2, -0.15) is 4.31 Å². The van der Waals surface area contributed by atoms with Gasteiger partial charge >= 0.3 is 0 Å². The zero-order valence-corrected chi connectivity index (χ0v) is 19.8. The van der Waals surface area contributed by atoms with Crippen molar-refractivity contribution in [3.05, 3.63) is 47.5 Å². The Morgan fingerprint density at radius 3 is 2.39 bits per heavy atom. The Morgan fingerprint density at radius 1 is 1.00 bits per heavy atom. The van der Waals surface area contributed by atoms with Gasteiger partial charge in [-0.1, -0.05) is 18.9 Å². The van der Waals surface area contributed by atoms with Gasteiger partial charge in [-0.25, -0.2) is 8.42 Å². The lowest BCUT2D eigenvalue weighted by Crippen LogP contribution is -2.32. The van der Waals surface area contributed by atoms with Gasteiger partial charge in [0.05, 0.1) is 23.6 Å². The number of benzene rings is 2. The van der Waals surface area contributed by atoms with Crippen molar-refractivity contribution in [2.45, 2.75) is 43.5 Å². The van der Waals surface area contributed by atoms with E-state index in [1.54, 1.807) is 0 Å². The van der Waals surface area contributed by atoms with Crippen LogP contribution in [0.2, 0.25) is 0 Å². The van der Waals surface area contributed by atoms with Gasteiger partial charge in [0.25, 0.3) is 5.91 Å². The maximum absolute atomic E-state index is 13.2. The number of rotatable bonds is 6. The molecule has 2 aromatic rings. The van der Waals surface area contributed by atoms with Gasteiger partial charge in [-0.3, -0.25) is 4.79 Å². The third-order valence-electron chi connectivity index (χ3n) is 6.03. The van der Waals surface area contributed by atoms with Crippen LogP contribution in [0.4, 0.5) is 0 Å². The first-order valence-electron chi connectivity index (χ1n) is 11.3. The standard InChI is InChI=1S/C24H30N2O6S/c1-17(18-7-9-22-23(15-18)32-14-13-31-22)25-24(27)20-16-19(8-10-21(20)30-2)33(28,29)26-11-5-3-4-6-12-26/h7-10,15-17H,3-6,11-14H2,1-2H3,(H,25,27). The zero-order chi connectivity index (χ0) is 23.4. The van der Waals surface area contributed by atoms with E-state index in [9.17, 15) is 13.2 Å². The molecule has 2 heterocycles. The molecule has 0 aliphatic carbocycles. The molecule has 0 radical (unpaired) electrons. The predicted molar refractivity (Wildman–Crippen MR) is 124 cm³/mol. The molecule has 2 aliphatic heterocycles. The van der Waals surface area contributed by atoms with E-state index in [1.807, 2.05) is 25.1 Å². The fraction of sp³-hybridized carbons (Fsp3) is 0.458. The highest BCUT2D eigenvalue weighted by molar-refractivity contribution is 7.89. The predicted octanol–water partition coefficient (Wildman–Crippen LogP) is 3.52. The van der Waals surface area contributed by atoms with Gasteiger partial charge in [0.15, 0.2) is 11.5 Å². The molecule has 2 aliphatic rings. The van der Waals surface area contributed by atoms with Gasteiger partial charge in [0.1, 0.15) is 19.0 Å². The zero-order valence-electron chi connectivity index (χ0n) is 19.0. The summed E-state index contributed by atoms with van der Waals surface area (Å²) >= 11 is 0. The number of ether oxygens (including phenoxy) is 3. The van der Waals surface area contributed by atoms with Crippen LogP contribution in [0.25, 0.3) is 0 Å². The van der Waals surface area contributed by atoms with Crippen LogP contribution in [-0.2, 0) is 10.0 Å². The summed E-state index contributed by atoms with van der Waals surface area (Å²) in [7, 11) is -2.23. The molecule has 9 heteroatoms. The molecule has 1 fully saturated rings. The van der Waals surface area contributed by atoms with Gasteiger partial charge in [0.2, 0.25) is 10.0 Å². The van der Waals surface area contributed by atoms with E-state index in [0.29, 0.717) is 43.6 Å². The summed E-state index contributed by atoms with van der Waals surface area (Å²) in [6.45, 7) is 3.84. The number of carbonyl (C=O) groups excluding carboxylic acids is 1. The van der Waals surface area contributed by atoms with Crippen molar-refractivity contribution < 1.29 is 27.4 Å². The molecule has 0 bridgehead atoms. The van der Waals surface area contributed by atoms with Gasteiger partial charge in [-0.15, -0.1) is 0 Å². The third-order valence-corrected chi connectivity index (χ3v) is 7.93. The first kappa shape index (κ1) is 23.4. The molecule has 0 aromatic heterocycles. The molecule has 33 heavy (non-hydrogen) atoms. The fourth-order valence-electron chi connectivity index (χ4n) is 4.14. The Labute approximate surface area is 194 Å². The van der Waals surface area contributed by atoms with Crippen molar-refractivity contribution in [1.29, 1.82) is 0 Å². The van der Waals surface area contributed by atoms with Crippen molar-refractivity contribution >= 4 is 15.9 Å². The minimum absolute atomic E-state index is 0.0994. The number of methoxy groups -OCH3 is 1. The quantitative estimate of drug-likeness (QED) is 0.689. The van der Waals surface area contributed by atoms with Crippen LogP contribution >= 0.6 is 0 Å². The Morgan fingerprint density at radius 2 is 1.70 bits per heavy atom. The summed E-state index contributed by atoms with van der Waals surface area (Å²) in [5.41, 5.74) is 1.03. The smallest absolute Gasteiger partial charge is 0.255 e. The number of carbonyl (C=O) groups is 1. The highest BCUT2D eigenvalue weighted by atomic mass is 32.2. The summed E-state index contributed by atoms with van der Waals surface area (Å²) in [6.07, 6.45) is 3.74. The highest BCUT2D eigenvalue weighted by Crippen LogP contribution is 2.33. The second kappa shape index (κ2) is 10.0. The SMILES string of the molecule is COc1ccc(S(=O)(=O)N2CCCCCC2)cc1C(=O)NC(C)c1ccc2c(c1)OCCO2. The number of nitrogens with zero attached hydrogens (tertiary/aromatic N) is 1. The second-order valence-electron chi connectivity index (χ2n) is 8.28. The van der Waals surface area contributed by atoms with Crippen molar-refractivity contribution in [2.24, 2.45) is 0 Å². The van der Waals surface area contributed by atoms with Crippen LogP contribution in [0.1, 0.15) is 54.6 Å². The molecule has 1 amide bonds. The summed E-state index contributed by atoms with van der Waals surface area (Å²) in [5.74, 6) is 1.22. The molecule has 0 saturated carbocycles. The number of amides is 1. The maximum Gasteiger partial charge on any atom is 0.255 e. The Kier molecular flexibility index (Phi) is 7.09. The number of nitrogens with one attached hydrogen (secondary N) is 1. The molecule has 2 aromatic carbocycles. The molecular weight excluding hydrogens is 444 g/mol. The summed E-state index contributed by atoms with van der Waals surface area (Å²) < 4.78 is 44.5. The van der Waals surface area contributed by atoms with Crippen molar-refractivity contribution in [3.63, 3.8) is 0 Å². The largest absolute Gasteiger partial charge is 0.496 e. The molecule has 178 valence electrons. The van der Waals surface area contributed by atoms with E-state index in [4.69, 9.17) is 14.2 Å². The number of fused-ring (bicyclic) bond motifs is 1. The van der Waals surface area contributed by atoms with Gasteiger partial charge in [0, 0.05) is 13.1 Å². The Balaban J connectivity index is 1.56. The van der Waals surface area contributed by atoms with E-state index in [0.717, 1.165) is 31.2 Å². The lowest BCUT2D eigenvalue weighted by atomic mass is 10.1. The first-order chi connectivity index (χ1) is 15.9. The van der Waals surface area contributed by atoms with Crippen LogP contribution < -0.4 is 19.5 Å². The number of hydrogen-bond donors (Lipinski definition) is 1. The first-order valence-corrected chi connectivity index (χ1v) is 12.7. The molecule has 1 unspecified atom stereocenters. The lowest BCUT2D eigenvalue weighted by molar-refractivity contribution is 0.0936. The Hall–Kier alpha value is -2.78. The van der Waals surface area contributed by atoms with Gasteiger partial charge in [-0.05, 0) is 55.7 Å². The van der Waals surface area contributed by atoms with Crippen molar-refractivity contribution in [1.82, 2.24) is 9.62 Å². The van der Waals surface area contributed by atoms with Crippen molar-refractivity contribution in [3.8, 4) is 17.2 Å². The molecule has 8 nitrogen and oxygen atoms in total. The summed E-state index contributed by atoms with van der Waals surface area (Å²) in [6, 6.07) is 9.64. The molecule has 1 saturated heterocycles. The summed E-state index contributed by atoms with van der Waals surface area (Å²) in [5, 5.41) is 2.94. The maximum atomic E-state index is 13.2. The molecule has 4 rings (SSSR count). The van der Waals surface area contributed by atoms with Crippen LogP contribution in [0.5, 0.6) is 17.2 Å². The monoisotopic (exact) mass is 474 g/mol. The van der Waals surface area contributed by atoms with Crippen LogP contribution in [0, 0.1) is 0 Å². The number of sulfonamides is 1. The highest BCUT2D eigenvalue weighted by Gasteiger charge is 2.27. The van der Waals surface area contributed by atoms with E-state index in [2.05, 4.69) is 5.32 Å². The Bertz CT molecular complexity index is 1110. The topological polar surface area (TPSA) is 94.2 Å². The average Bonchev–Trinajstić information content (AvgIpc) is 3.13.